The Kier molecular flexibility index (Phi) is 6.24. The molecule has 33 heavy (non-hydrogen) atoms. The molecule has 1 atom stereocenters. The number of hydrogen-bond acceptors (Lipinski definition) is 6. The molecule has 0 radical (unpaired) electrons. The molecule has 0 bridgehead atoms. The molecule has 2 aliphatic rings. The summed E-state index contributed by atoms with van der Waals surface area (Å²) in [7, 11) is 3.21. The second-order valence-electron chi connectivity index (χ2n) is 7.81. The maximum atomic E-state index is 13.7. The lowest BCUT2D eigenvalue weighted by molar-refractivity contribution is -0.0885. The Morgan fingerprint density at radius 2 is 2.00 bits per heavy atom. The molecule has 0 aliphatic carbocycles. The Bertz CT molecular complexity index is 1140. The van der Waals surface area contributed by atoms with Crippen molar-refractivity contribution in [2.75, 3.05) is 37.9 Å². The van der Waals surface area contributed by atoms with Crippen LogP contribution in [-0.2, 0) is 4.74 Å². The van der Waals surface area contributed by atoms with Crippen molar-refractivity contribution in [3.63, 3.8) is 0 Å². The number of aromatic nitrogens is 1. The quantitative estimate of drug-likeness (QED) is 0.549. The minimum absolute atomic E-state index is 0.0455. The molecule has 0 fully saturated rings. The fraction of sp³-hybridized carbons (Fsp3) is 0.250. The third-order valence-electron chi connectivity index (χ3n) is 5.43. The number of likely N-dealkylation sites (N-methyl/N-ethyl adjacent to an activating group) is 1. The number of ether oxygens (including phenoxy) is 1. The van der Waals surface area contributed by atoms with Crippen molar-refractivity contribution < 1.29 is 17.9 Å². The number of nitrogens with one attached hydrogen (secondary N) is 3. The molecule has 3 heterocycles. The minimum Gasteiger partial charge on any atom is -0.382 e. The molecule has 0 saturated carbocycles. The molecule has 9 heteroatoms. The summed E-state index contributed by atoms with van der Waals surface area (Å²) in [4.78, 5) is 6.14. The normalized spacial score (nSPS) is 17.9. The average molecular weight is 455 g/mol. The standard InChI is InChI=1S/C24H24F3N5O/c1-32-11-3-4-19(24(25,26)27)22(32)20-10-9-18-21(12-17(14-33-2)30-23(18)31-20)29-16-7-5-15(13-28)6-8-16/h3-10,12-13,17,28-29H,11,14H2,1-2H3,(H,30,31). The van der Waals surface area contributed by atoms with Gasteiger partial charge in [-0.2, -0.15) is 13.2 Å². The zero-order valence-electron chi connectivity index (χ0n) is 18.2. The number of hydrogen-bond donors (Lipinski definition) is 3. The van der Waals surface area contributed by atoms with Gasteiger partial charge in [0.1, 0.15) is 5.82 Å². The molecular formula is C24H24F3N5O. The van der Waals surface area contributed by atoms with Gasteiger partial charge in [-0.25, -0.2) is 4.98 Å². The van der Waals surface area contributed by atoms with E-state index in [9.17, 15) is 13.2 Å². The van der Waals surface area contributed by atoms with Crippen LogP contribution in [0.4, 0.5) is 24.7 Å². The molecular weight excluding hydrogens is 431 g/mol. The molecule has 2 aliphatic heterocycles. The van der Waals surface area contributed by atoms with Gasteiger partial charge in [0.05, 0.1) is 29.6 Å². The second kappa shape index (κ2) is 9.11. The van der Waals surface area contributed by atoms with E-state index in [2.05, 4.69) is 15.6 Å². The number of anilines is 2. The van der Waals surface area contributed by atoms with E-state index in [4.69, 9.17) is 10.1 Å². The first kappa shape index (κ1) is 22.6. The first-order chi connectivity index (χ1) is 15.8. The van der Waals surface area contributed by atoms with Crippen LogP contribution >= 0.6 is 0 Å². The van der Waals surface area contributed by atoms with Crippen LogP contribution < -0.4 is 10.6 Å². The summed E-state index contributed by atoms with van der Waals surface area (Å²) < 4.78 is 46.3. The predicted molar refractivity (Wildman–Crippen MR) is 124 cm³/mol. The maximum absolute atomic E-state index is 13.7. The highest BCUT2D eigenvalue weighted by Gasteiger charge is 2.38. The number of halogens is 3. The molecule has 1 aromatic carbocycles. The summed E-state index contributed by atoms with van der Waals surface area (Å²) in [5.41, 5.74) is 2.69. The Labute approximate surface area is 190 Å². The molecule has 0 amide bonds. The largest absolute Gasteiger partial charge is 0.418 e. The number of fused-ring (bicyclic) bond motifs is 1. The third kappa shape index (κ3) is 4.78. The van der Waals surface area contributed by atoms with Crippen molar-refractivity contribution in [2.24, 2.45) is 0 Å². The predicted octanol–water partition coefficient (Wildman–Crippen LogP) is 4.75. The van der Waals surface area contributed by atoms with E-state index >= 15 is 0 Å². The fourth-order valence-electron chi connectivity index (χ4n) is 3.89. The van der Waals surface area contributed by atoms with Crippen molar-refractivity contribution in [1.82, 2.24) is 9.88 Å². The molecule has 2 aromatic rings. The Morgan fingerprint density at radius 1 is 1.24 bits per heavy atom. The van der Waals surface area contributed by atoms with Gasteiger partial charge in [-0.05, 0) is 35.9 Å². The zero-order valence-corrected chi connectivity index (χ0v) is 18.2. The number of allylic oxidation sites excluding steroid dienone is 2. The van der Waals surface area contributed by atoms with Crippen molar-refractivity contribution in [3.8, 4) is 0 Å². The van der Waals surface area contributed by atoms with Crippen LogP contribution in [0.1, 0.15) is 16.8 Å². The topological polar surface area (TPSA) is 73.3 Å². The molecule has 3 N–H and O–H groups in total. The maximum Gasteiger partial charge on any atom is 0.418 e. The van der Waals surface area contributed by atoms with Gasteiger partial charge in [0.15, 0.2) is 0 Å². The lowest BCUT2D eigenvalue weighted by Crippen LogP contribution is -2.30. The van der Waals surface area contributed by atoms with Crippen molar-refractivity contribution >= 4 is 29.1 Å². The average Bonchev–Trinajstić information content (AvgIpc) is 2.78. The van der Waals surface area contributed by atoms with Crippen LogP contribution in [0.3, 0.4) is 0 Å². The highest BCUT2D eigenvalue weighted by molar-refractivity contribution is 5.86. The van der Waals surface area contributed by atoms with Crippen molar-refractivity contribution in [3.05, 3.63) is 77.0 Å². The van der Waals surface area contributed by atoms with Crippen LogP contribution in [0, 0.1) is 5.41 Å². The lowest BCUT2D eigenvalue weighted by atomic mass is 10.0. The van der Waals surface area contributed by atoms with E-state index in [0.717, 1.165) is 28.6 Å². The van der Waals surface area contributed by atoms with Crippen LogP contribution in [0.25, 0.3) is 11.4 Å². The van der Waals surface area contributed by atoms with Gasteiger partial charge in [0.2, 0.25) is 0 Å². The molecule has 6 nitrogen and oxygen atoms in total. The summed E-state index contributed by atoms with van der Waals surface area (Å²) in [6, 6.07) is 10.5. The van der Waals surface area contributed by atoms with Crippen LogP contribution in [0.5, 0.6) is 0 Å². The highest BCUT2D eigenvalue weighted by atomic mass is 19.4. The number of alkyl halides is 3. The van der Waals surface area contributed by atoms with E-state index in [1.165, 1.54) is 12.3 Å². The number of rotatable bonds is 6. The number of nitrogens with zero attached hydrogens (tertiary/aromatic N) is 2. The van der Waals surface area contributed by atoms with Gasteiger partial charge in [0.25, 0.3) is 0 Å². The molecule has 0 spiro atoms. The monoisotopic (exact) mass is 455 g/mol. The number of benzene rings is 1. The van der Waals surface area contributed by atoms with E-state index in [-0.39, 0.29) is 17.4 Å². The van der Waals surface area contributed by atoms with E-state index in [1.807, 2.05) is 30.3 Å². The molecule has 4 rings (SSSR count). The van der Waals surface area contributed by atoms with E-state index in [0.29, 0.717) is 19.0 Å². The molecule has 0 saturated heterocycles. The first-order valence-corrected chi connectivity index (χ1v) is 10.4. The third-order valence-corrected chi connectivity index (χ3v) is 5.43. The highest BCUT2D eigenvalue weighted by Crippen LogP contribution is 2.38. The van der Waals surface area contributed by atoms with E-state index < -0.39 is 11.7 Å². The zero-order chi connectivity index (χ0) is 23.6. The van der Waals surface area contributed by atoms with Gasteiger partial charge in [-0.3, -0.25) is 0 Å². The Hall–Kier alpha value is -3.59. The summed E-state index contributed by atoms with van der Waals surface area (Å²) in [6.07, 6.45) is 1.35. The van der Waals surface area contributed by atoms with Crippen molar-refractivity contribution in [1.29, 1.82) is 5.41 Å². The Morgan fingerprint density at radius 3 is 2.67 bits per heavy atom. The summed E-state index contributed by atoms with van der Waals surface area (Å²) in [5, 5.41) is 14.0. The Balaban J connectivity index is 1.74. The molecule has 1 aromatic heterocycles. The van der Waals surface area contributed by atoms with Gasteiger partial charge in [-0.15, -0.1) is 0 Å². The molecule has 172 valence electrons. The first-order valence-electron chi connectivity index (χ1n) is 10.4. The van der Waals surface area contributed by atoms with Gasteiger partial charge >= 0.3 is 6.18 Å². The SMILES string of the molecule is COCC1C=C(Nc2ccc(C=N)cc2)c2ccc(C3=C(C(F)(F)F)C=CCN3C)nc2N1. The summed E-state index contributed by atoms with van der Waals surface area (Å²) >= 11 is 0. The number of pyridine rings is 1. The number of methoxy groups -OCH3 is 1. The van der Waals surface area contributed by atoms with Gasteiger partial charge in [-0.1, -0.05) is 24.3 Å². The summed E-state index contributed by atoms with van der Waals surface area (Å²) in [6.45, 7) is 0.730. The smallest absolute Gasteiger partial charge is 0.382 e. The fourth-order valence-corrected chi connectivity index (χ4v) is 3.89. The van der Waals surface area contributed by atoms with Gasteiger partial charge < -0.3 is 25.7 Å². The van der Waals surface area contributed by atoms with Gasteiger partial charge in [0, 0.05) is 43.9 Å². The van der Waals surface area contributed by atoms with Crippen LogP contribution in [0.2, 0.25) is 0 Å². The van der Waals surface area contributed by atoms with Crippen LogP contribution in [-0.4, -0.2) is 55.6 Å². The molecule has 1 unspecified atom stereocenters. The lowest BCUT2D eigenvalue weighted by Gasteiger charge is -2.30. The minimum atomic E-state index is -4.49. The van der Waals surface area contributed by atoms with Crippen molar-refractivity contribution in [2.45, 2.75) is 12.2 Å². The van der Waals surface area contributed by atoms with Crippen LogP contribution in [0.15, 0.2) is 60.2 Å². The summed E-state index contributed by atoms with van der Waals surface area (Å²) in [5.74, 6) is 0.479. The second-order valence-corrected chi connectivity index (χ2v) is 7.81. The van der Waals surface area contributed by atoms with E-state index in [1.54, 1.807) is 31.2 Å².